The predicted octanol–water partition coefficient (Wildman–Crippen LogP) is 2.54. The third-order valence-electron chi connectivity index (χ3n) is 5.45. The van der Waals surface area contributed by atoms with Gasteiger partial charge < -0.3 is 14.7 Å². The number of halogens is 1. The fraction of sp³-hybridized carbons (Fsp3) is 0.417. The van der Waals surface area contributed by atoms with Crippen molar-refractivity contribution in [1.29, 1.82) is 0 Å². The first kappa shape index (κ1) is 27.1. The summed E-state index contributed by atoms with van der Waals surface area (Å²) in [5.41, 5.74) is -1.30. The van der Waals surface area contributed by atoms with Crippen LogP contribution in [0, 0.1) is 0 Å². The number of rotatable bonds is 9. The number of thiophene rings is 1. The Morgan fingerprint density at radius 1 is 1.33 bits per heavy atom. The van der Waals surface area contributed by atoms with Crippen molar-refractivity contribution in [2.24, 2.45) is 5.16 Å². The van der Waals surface area contributed by atoms with Crippen molar-refractivity contribution in [1.82, 2.24) is 9.24 Å². The first-order valence-electron chi connectivity index (χ1n) is 11.2. The van der Waals surface area contributed by atoms with Crippen molar-refractivity contribution >= 4 is 23.0 Å². The number of amides is 1. The van der Waals surface area contributed by atoms with E-state index in [4.69, 9.17) is 9.57 Å². The molecule has 1 unspecified atom stereocenters. The van der Waals surface area contributed by atoms with Crippen LogP contribution >= 0.6 is 11.3 Å². The summed E-state index contributed by atoms with van der Waals surface area (Å²) in [7, 11) is 2.72. The maximum atomic E-state index is 14.0. The van der Waals surface area contributed by atoms with Gasteiger partial charge in [-0.05, 0) is 38.3 Å². The van der Waals surface area contributed by atoms with E-state index in [1.54, 1.807) is 31.4 Å². The van der Waals surface area contributed by atoms with Gasteiger partial charge in [0.15, 0.2) is 0 Å². The molecule has 194 valence electrons. The van der Waals surface area contributed by atoms with Crippen LogP contribution in [0.3, 0.4) is 0 Å². The summed E-state index contributed by atoms with van der Waals surface area (Å²) in [5, 5.41) is 17.5. The second-order valence-corrected chi connectivity index (χ2v) is 9.37. The summed E-state index contributed by atoms with van der Waals surface area (Å²) in [5.74, 6) is -0.584. The van der Waals surface area contributed by atoms with E-state index in [1.165, 1.54) is 33.4 Å². The molecule has 1 aliphatic rings. The van der Waals surface area contributed by atoms with Crippen LogP contribution < -0.4 is 16.3 Å². The van der Waals surface area contributed by atoms with Crippen molar-refractivity contribution in [2.45, 2.75) is 52.4 Å². The maximum Gasteiger partial charge on any atom is 0.350 e. The molecule has 10 nitrogen and oxygen atoms in total. The molecule has 1 amide bonds. The summed E-state index contributed by atoms with van der Waals surface area (Å²) < 4.78 is 21.0. The van der Waals surface area contributed by atoms with Gasteiger partial charge in [0, 0.05) is 31.7 Å². The summed E-state index contributed by atoms with van der Waals surface area (Å²) >= 11 is 1.16. The molecule has 0 aromatic carbocycles. The van der Waals surface area contributed by atoms with Gasteiger partial charge in [-0.25, -0.2) is 14.2 Å². The maximum absolute atomic E-state index is 14.0. The van der Waals surface area contributed by atoms with E-state index < -0.39 is 29.1 Å². The van der Waals surface area contributed by atoms with Crippen LogP contribution in [-0.4, -0.2) is 52.3 Å². The minimum atomic E-state index is -1.33. The van der Waals surface area contributed by atoms with E-state index in [0.717, 1.165) is 20.9 Å². The van der Waals surface area contributed by atoms with Gasteiger partial charge in [-0.15, -0.1) is 11.3 Å². The predicted molar refractivity (Wildman–Crippen MR) is 135 cm³/mol. The molecule has 12 heteroatoms. The zero-order chi connectivity index (χ0) is 26.6. The molecule has 1 aliphatic carbocycles. The lowest BCUT2D eigenvalue weighted by Crippen LogP contribution is -2.54. The van der Waals surface area contributed by atoms with Crippen molar-refractivity contribution in [3.8, 4) is 0 Å². The van der Waals surface area contributed by atoms with Gasteiger partial charge in [-0.2, -0.15) is 4.68 Å². The number of ether oxygens (including phenoxy) is 1. The Hall–Kier alpha value is -3.51. The highest BCUT2D eigenvalue weighted by Crippen LogP contribution is 2.27. The molecule has 2 aromatic heterocycles. The standard InChI is InChI=1S/C24H29FN4O6S/c1-14(2)35-26-15(3)18-12-28(13-19(30)17-11-16(25)8-9-20(17)34-5)24(33)29(22(18)31)27(4)23(32)21-7-6-10-36-21/h6-7,10-12,14,19,30H,8-9,13H2,1-5H3/b26-15+. The van der Waals surface area contributed by atoms with Crippen molar-refractivity contribution in [2.75, 3.05) is 19.2 Å². The Kier molecular flexibility index (Phi) is 8.64. The number of nitrogens with zero attached hydrogens (tertiary/aromatic N) is 4. The van der Waals surface area contributed by atoms with E-state index in [9.17, 15) is 23.9 Å². The molecular formula is C24H29FN4O6S. The van der Waals surface area contributed by atoms with Gasteiger partial charge in [-0.3, -0.25) is 14.2 Å². The van der Waals surface area contributed by atoms with E-state index in [-0.39, 0.29) is 42.3 Å². The van der Waals surface area contributed by atoms with Crippen LogP contribution in [0.25, 0.3) is 0 Å². The first-order valence-corrected chi connectivity index (χ1v) is 12.1. The fourth-order valence-electron chi connectivity index (χ4n) is 3.60. The molecule has 0 fully saturated rings. The molecule has 1 atom stereocenters. The van der Waals surface area contributed by atoms with E-state index in [2.05, 4.69) is 5.16 Å². The number of oxime groups is 1. The van der Waals surface area contributed by atoms with E-state index >= 15 is 0 Å². The Morgan fingerprint density at radius 3 is 2.67 bits per heavy atom. The monoisotopic (exact) mass is 520 g/mol. The third-order valence-corrected chi connectivity index (χ3v) is 6.31. The Balaban J connectivity index is 2.13. The largest absolute Gasteiger partial charge is 0.501 e. The van der Waals surface area contributed by atoms with Crippen LogP contribution in [0.1, 0.15) is 48.8 Å². The summed E-state index contributed by atoms with van der Waals surface area (Å²) in [6, 6.07) is 3.25. The summed E-state index contributed by atoms with van der Waals surface area (Å²) in [4.78, 5) is 45.3. The van der Waals surface area contributed by atoms with Gasteiger partial charge in [0.05, 0.1) is 29.8 Å². The highest BCUT2D eigenvalue weighted by atomic mass is 32.1. The van der Waals surface area contributed by atoms with Crippen molar-refractivity contribution < 1.29 is 23.9 Å². The van der Waals surface area contributed by atoms with Crippen LogP contribution in [-0.2, 0) is 16.1 Å². The minimum Gasteiger partial charge on any atom is -0.501 e. The number of carbonyl (C=O) groups is 1. The topological polar surface area (TPSA) is 115 Å². The average molecular weight is 521 g/mol. The fourth-order valence-corrected chi connectivity index (χ4v) is 4.30. The Morgan fingerprint density at radius 2 is 2.06 bits per heavy atom. The number of allylic oxidation sites excluding steroid dienone is 2. The molecule has 0 aliphatic heterocycles. The number of methoxy groups -OCH3 is 1. The smallest absolute Gasteiger partial charge is 0.350 e. The first-order chi connectivity index (χ1) is 17.0. The molecule has 0 spiro atoms. The molecule has 2 heterocycles. The van der Waals surface area contributed by atoms with Crippen LogP contribution in [0.2, 0.25) is 0 Å². The molecule has 3 rings (SSSR count). The number of aliphatic hydroxyl groups excluding tert-OH is 1. The average Bonchev–Trinajstić information content (AvgIpc) is 3.38. The third kappa shape index (κ3) is 5.82. The van der Waals surface area contributed by atoms with Crippen LogP contribution in [0.15, 0.2) is 61.7 Å². The number of aliphatic hydroxyl groups is 1. The number of hydrogen-bond donors (Lipinski definition) is 1. The van der Waals surface area contributed by atoms with E-state index in [0.29, 0.717) is 15.3 Å². The Labute approximate surface area is 211 Å². The lowest BCUT2D eigenvalue weighted by molar-refractivity contribution is 0.0859. The number of carbonyl (C=O) groups excluding carboxylic acids is 1. The lowest BCUT2D eigenvalue weighted by Gasteiger charge is -2.23. The quantitative estimate of drug-likeness (QED) is 0.401. The van der Waals surface area contributed by atoms with Crippen molar-refractivity contribution in [3.05, 3.63) is 78.2 Å². The minimum absolute atomic E-state index is 0.0143. The highest BCUT2D eigenvalue weighted by Gasteiger charge is 2.25. The van der Waals surface area contributed by atoms with Gasteiger partial charge in [-0.1, -0.05) is 11.2 Å². The van der Waals surface area contributed by atoms with Crippen molar-refractivity contribution in [3.63, 3.8) is 0 Å². The Bertz CT molecular complexity index is 1320. The normalized spacial score (nSPS) is 15.1. The molecule has 0 saturated heterocycles. The molecule has 0 radical (unpaired) electrons. The molecule has 0 saturated carbocycles. The van der Waals surface area contributed by atoms with Crippen LogP contribution in [0.4, 0.5) is 4.39 Å². The summed E-state index contributed by atoms with van der Waals surface area (Å²) in [6.45, 7) is 4.72. The molecule has 36 heavy (non-hydrogen) atoms. The van der Waals surface area contributed by atoms with E-state index in [1.807, 2.05) is 0 Å². The number of aromatic nitrogens is 2. The second-order valence-electron chi connectivity index (χ2n) is 8.42. The molecular weight excluding hydrogens is 491 g/mol. The SMILES string of the molecule is COC1=C(C(O)Cn2cc(/C(C)=N/OC(C)C)c(=O)n(N(C)C(=O)c3cccs3)c2=O)C=C(F)CC1. The van der Waals surface area contributed by atoms with Gasteiger partial charge >= 0.3 is 5.69 Å². The number of hydrogen-bond acceptors (Lipinski definition) is 8. The molecule has 1 N–H and O–H groups in total. The molecule has 0 bridgehead atoms. The highest BCUT2D eigenvalue weighted by molar-refractivity contribution is 7.12. The molecule has 2 aromatic rings. The van der Waals surface area contributed by atoms with Gasteiger partial charge in [0.1, 0.15) is 23.8 Å². The van der Waals surface area contributed by atoms with Crippen LogP contribution in [0.5, 0.6) is 0 Å². The van der Waals surface area contributed by atoms with Gasteiger partial charge in [0.2, 0.25) is 0 Å². The zero-order valence-corrected chi connectivity index (χ0v) is 21.5. The summed E-state index contributed by atoms with van der Waals surface area (Å²) in [6.07, 6.45) is 1.25. The lowest BCUT2D eigenvalue weighted by atomic mass is 9.99. The second kappa shape index (κ2) is 11.5. The zero-order valence-electron chi connectivity index (χ0n) is 20.7. The van der Waals surface area contributed by atoms with Gasteiger partial charge in [0.25, 0.3) is 11.5 Å².